The van der Waals surface area contributed by atoms with Crippen molar-refractivity contribution in [2.24, 2.45) is 0 Å². The summed E-state index contributed by atoms with van der Waals surface area (Å²) in [6.45, 7) is 4.24. The van der Waals surface area contributed by atoms with Crippen LogP contribution in [0.15, 0.2) is 36.8 Å². The van der Waals surface area contributed by atoms with Crippen LogP contribution < -0.4 is 15.8 Å². The van der Waals surface area contributed by atoms with Crippen LogP contribution >= 0.6 is 23.2 Å². The SMILES string of the molecule is CC(Oc1cc(-c2cnn(C3COC4(CCNC4)C3)c2)cnc1N)c1c(Cl)ccc(F)c1Cl. The maximum atomic E-state index is 13.9. The topological polar surface area (TPSA) is 87.2 Å². The van der Waals surface area contributed by atoms with Gasteiger partial charge in [0.2, 0.25) is 0 Å². The quantitative estimate of drug-likeness (QED) is 0.498. The first-order chi connectivity index (χ1) is 15.8. The Labute approximate surface area is 201 Å². The van der Waals surface area contributed by atoms with Gasteiger partial charge in [-0.2, -0.15) is 5.10 Å². The third-order valence-corrected chi connectivity index (χ3v) is 7.09. The summed E-state index contributed by atoms with van der Waals surface area (Å²) in [6, 6.07) is 4.64. The lowest BCUT2D eigenvalue weighted by Gasteiger charge is -2.20. The molecule has 174 valence electrons. The van der Waals surface area contributed by atoms with Gasteiger partial charge in [-0.15, -0.1) is 0 Å². The van der Waals surface area contributed by atoms with Gasteiger partial charge in [0.1, 0.15) is 11.9 Å². The molecule has 3 unspecified atom stereocenters. The van der Waals surface area contributed by atoms with Gasteiger partial charge in [0.25, 0.3) is 0 Å². The largest absolute Gasteiger partial charge is 0.482 e. The summed E-state index contributed by atoms with van der Waals surface area (Å²) in [5.41, 5.74) is 8.01. The lowest BCUT2D eigenvalue weighted by atomic mass is 9.97. The Morgan fingerprint density at radius 1 is 1.33 bits per heavy atom. The van der Waals surface area contributed by atoms with Crippen molar-refractivity contribution in [3.05, 3.63) is 58.2 Å². The molecule has 2 fully saturated rings. The van der Waals surface area contributed by atoms with E-state index >= 15 is 0 Å². The van der Waals surface area contributed by atoms with Crippen molar-refractivity contribution in [1.82, 2.24) is 20.1 Å². The van der Waals surface area contributed by atoms with Crippen molar-refractivity contribution < 1.29 is 13.9 Å². The Balaban J connectivity index is 1.36. The Bertz CT molecular complexity index is 1180. The number of nitrogens with zero attached hydrogens (tertiary/aromatic N) is 3. The average Bonchev–Trinajstić information content (AvgIpc) is 3.55. The van der Waals surface area contributed by atoms with Crippen LogP contribution in [0.3, 0.4) is 0 Å². The first-order valence-electron chi connectivity index (χ1n) is 10.8. The Morgan fingerprint density at radius 2 is 2.18 bits per heavy atom. The highest BCUT2D eigenvalue weighted by Gasteiger charge is 2.43. The van der Waals surface area contributed by atoms with Crippen LogP contribution in [0.2, 0.25) is 10.0 Å². The van der Waals surface area contributed by atoms with Crippen LogP contribution in [0, 0.1) is 5.82 Å². The molecule has 0 aliphatic carbocycles. The summed E-state index contributed by atoms with van der Waals surface area (Å²) in [6.07, 6.45) is 6.76. The molecule has 2 saturated heterocycles. The molecule has 3 aromatic rings. The number of ether oxygens (including phenoxy) is 2. The van der Waals surface area contributed by atoms with Crippen molar-refractivity contribution in [1.29, 1.82) is 0 Å². The van der Waals surface area contributed by atoms with Gasteiger partial charge in [0.05, 0.1) is 29.5 Å². The molecule has 4 heterocycles. The molecule has 0 radical (unpaired) electrons. The standard InChI is InChI=1S/C23H24Cl2FN5O2/c1-13(20-17(24)2-3-18(26)21(20)25)33-19-6-14(8-29-22(19)27)15-9-30-31(10-15)16-7-23(32-11-16)4-5-28-12-23/h2-3,6,8-10,13,16,28H,4-5,7,11-12H2,1H3,(H2,27,29). The summed E-state index contributed by atoms with van der Waals surface area (Å²) >= 11 is 12.4. The number of hydrogen-bond acceptors (Lipinski definition) is 6. The van der Waals surface area contributed by atoms with Gasteiger partial charge in [0.15, 0.2) is 11.6 Å². The molecular weight excluding hydrogens is 468 g/mol. The molecule has 2 aliphatic rings. The highest BCUT2D eigenvalue weighted by molar-refractivity contribution is 6.36. The first-order valence-corrected chi connectivity index (χ1v) is 11.6. The third kappa shape index (κ3) is 4.28. The second kappa shape index (κ2) is 8.76. The molecule has 3 N–H and O–H groups in total. The van der Waals surface area contributed by atoms with E-state index in [0.29, 0.717) is 22.9 Å². The van der Waals surface area contributed by atoms with Gasteiger partial charge in [-0.05, 0) is 38.1 Å². The molecule has 33 heavy (non-hydrogen) atoms. The number of halogens is 3. The number of nitrogens with two attached hydrogens (primary N) is 1. The number of rotatable bonds is 5. The van der Waals surface area contributed by atoms with Gasteiger partial charge in [-0.1, -0.05) is 23.2 Å². The van der Waals surface area contributed by atoms with E-state index in [1.807, 2.05) is 10.9 Å². The fourth-order valence-electron chi connectivity index (χ4n) is 4.57. The molecule has 1 aromatic carbocycles. The van der Waals surface area contributed by atoms with E-state index in [2.05, 4.69) is 15.4 Å². The van der Waals surface area contributed by atoms with Crippen molar-refractivity contribution in [2.45, 2.75) is 37.5 Å². The number of hydrogen-bond donors (Lipinski definition) is 2. The smallest absolute Gasteiger partial charge is 0.166 e. The lowest BCUT2D eigenvalue weighted by Crippen LogP contribution is -2.30. The number of anilines is 1. The molecule has 7 nitrogen and oxygen atoms in total. The summed E-state index contributed by atoms with van der Waals surface area (Å²) in [5, 5.41) is 8.18. The molecule has 0 saturated carbocycles. The van der Waals surface area contributed by atoms with Crippen molar-refractivity contribution in [3.8, 4) is 16.9 Å². The van der Waals surface area contributed by atoms with Crippen molar-refractivity contribution in [2.75, 3.05) is 25.4 Å². The molecule has 2 aromatic heterocycles. The number of aromatic nitrogens is 3. The maximum absolute atomic E-state index is 13.9. The minimum Gasteiger partial charge on any atom is -0.482 e. The fraction of sp³-hybridized carbons (Fsp3) is 0.391. The molecule has 10 heteroatoms. The highest BCUT2D eigenvalue weighted by atomic mass is 35.5. The predicted molar refractivity (Wildman–Crippen MR) is 125 cm³/mol. The van der Waals surface area contributed by atoms with Crippen molar-refractivity contribution >= 4 is 29.0 Å². The number of nitrogen functional groups attached to an aromatic ring is 1. The number of benzene rings is 1. The van der Waals surface area contributed by atoms with E-state index in [1.54, 1.807) is 25.4 Å². The van der Waals surface area contributed by atoms with E-state index in [9.17, 15) is 4.39 Å². The summed E-state index contributed by atoms with van der Waals surface area (Å²) in [5.74, 6) is -0.00401. The van der Waals surface area contributed by atoms with Crippen LogP contribution in [0.5, 0.6) is 5.75 Å². The van der Waals surface area contributed by atoms with Crippen LogP contribution in [0.4, 0.5) is 10.2 Å². The van der Waals surface area contributed by atoms with Gasteiger partial charge in [-0.25, -0.2) is 9.37 Å². The van der Waals surface area contributed by atoms with Crippen LogP contribution in [-0.2, 0) is 4.74 Å². The Morgan fingerprint density at radius 3 is 2.97 bits per heavy atom. The Hall–Kier alpha value is -2.39. The van der Waals surface area contributed by atoms with Gasteiger partial charge >= 0.3 is 0 Å². The normalized spacial score (nSPS) is 23.3. The highest BCUT2D eigenvalue weighted by Crippen LogP contribution is 2.39. The maximum Gasteiger partial charge on any atom is 0.166 e. The predicted octanol–water partition coefficient (Wildman–Crippen LogP) is 4.81. The molecule has 0 bridgehead atoms. The van der Waals surface area contributed by atoms with Crippen molar-refractivity contribution in [3.63, 3.8) is 0 Å². The molecular formula is C23H24Cl2FN5O2. The third-order valence-electron chi connectivity index (χ3n) is 6.37. The monoisotopic (exact) mass is 491 g/mol. The minimum absolute atomic E-state index is 0.0733. The second-order valence-electron chi connectivity index (χ2n) is 8.61. The van der Waals surface area contributed by atoms with E-state index < -0.39 is 11.9 Å². The van der Waals surface area contributed by atoms with E-state index in [0.717, 1.165) is 37.1 Å². The van der Waals surface area contributed by atoms with Crippen LogP contribution in [0.1, 0.15) is 37.5 Å². The molecule has 2 aliphatic heterocycles. The van der Waals surface area contributed by atoms with E-state index in [1.165, 1.54) is 12.1 Å². The zero-order chi connectivity index (χ0) is 23.2. The zero-order valence-corrected chi connectivity index (χ0v) is 19.5. The second-order valence-corrected chi connectivity index (χ2v) is 9.40. The Kier molecular flexibility index (Phi) is 5.95. The van der Waals surface area contributed by atoms with Crippen LogP contribution in [-0.4, -0.2) is 40.1 Å². The molecule has 3 atom stereocenters. The molecule has 5 rings (SSSR count). The van der Waals surface area contributed by atoms with Gasteiger partial charge in [0, 0.05) is 47.1 Å². The molecule has 1 spiro atoms. The molecule has 0 amide bonds. The summed E-state index contributed by atoms with van der Waals surface area (Å²) in [7, 11) is 0. The average molecular weight is 492 g/mol. The first kappa shape index (κ1) is 22.4. The van der Waals surface area contributed by atoms with Crippen LogP contribution in [0.25, 0.3) is 11.1 Å². The summed E-state index contributed by atoms with van der Waals surface area (Å²) in [4.78, 5) is 4.27. The summed E-state index contributed by atoms with van der Waals surface area (Å²) < 4.78 is 28.0. The zero-order valence-electron chi connectivity index (χ0n) is 18.0. The fourth-order valence-corrected chi connectivity index (χ4v) is 5.25. The number of nitrogens with one attached hydrogen (secondary N) is 1. The van der Waals surface area contributed by atoms with Gasteiger partial charge < -0.3 is 20.5 Å². The number of pyridine rings is 1. The minimum atomic E-state index is -0.644. The van der Waals surface area contributed by atoms with Gasteiger partial charge in [-0.3, -0.25) is 4.68 Å². The lowest BCUT2D eigenvalue weighted by molar-refractivity contribution is 0.0204. The van der Waals surface area contributed by atoms with E-state index in [4.69, 9.17) is 38.4 Å². The van der Waals surface area contributed by atoms with E-state index in [-0.39, 0.29) is 22.5 Å².